The number of nitrogens with zero attached hydrogens (tertiary/aromatic N) is 2. The van der Waals surface area contributed by atoms with E-state index < -0.39 is 17.0 Å². The standard InChI is InChI=1S/C27H23F3IN3O2S/c28-27(29,30)19-9-4-10-22(16-19)33-26-34(15-5-8-18-6-2-1-3-7-18)24(35)17-23(37-26)25(36)32-21-13-11-20(31)12-14-21/h1-4,6-7,9-14,16,23H,5,8,15,17H2,(H,32,36). The molecule has 1 aliphatic rings. The second-order valence-corrected chi connectivity index (χ2v) is 10.8. The lowest BCUT2D eigenvalue weighted by Crippen LogP contribution is -2.45. The molecule has 5 nitrogen and oxygen atoms in total. The first-order valence-corrected chi connectivity index (χ1v) is 13.5. The number of thioether (sulfide) groups is 1. The van der Waals surface area contributed by atoms with Crippen LogP contribution in [0.5, 0.6) is 0 Å². The van der Waals surface area contributed by atoms with Gasteiger partial charge >= 0.3 is 6.18 Å². The molecule has 4 rings (SSSR count). The van der Waals surface area contributed by atoms with Gasteiger partial charge in [0.05, 0.1) is 11.3 Å². The summed E-state index contributed by atoms with van der Waals surface area (Å²) in [6.07, 6.45) is -3.19. The lowest BCUT2D eigenvalue weighted by atomic mass is 10.1. The number of rotatable bonds is 7. The van der Waals surface area contributed by atoms with Gasteiger partial charge in [-0.05, 0) is 83.5 Å². The fourth-order valence-corrected chi connectivity index (χ4v) is 5.25. The lowest BCUT2D eigenvalue weighted by molar-refractivity contribution is -0.137. The highest BCUT2D eigenvalue weighted by Gasteiger charge is 2.36. The second-order valence-electron chi connectivity index (χ2n) is 8.38. The number of amides is 2. The molecule has 1 aliphatic heterocycles. The van der Waals surface area contributed by atoms with Crippen molar-refractivity contribution in [3.05, 3.63) is 93.6 Å². The van der Waals surface area contributed by atoms with Crippen molar-refractivity contribution in [1.29, 1.82) is 0 Å². The van der Waals surface area contributed by atoms with E-state index in [4.69, 9.17) is 0 Å². The topological polar surface area (TPSA) is 61.8 Å². The van der Waals surface area contributed by atoms with E-state index in [-0.39, 0.29) is 29.1 Å². The third-order valence-electron chi connectivity index (χ3n) is 5.63. The van der Waals surface area contributed by atoms with Crippen molar-refractivity contribution < 1.29 is 22.8 Å². The first-order valence-electron chi connectivity index (χ1n) is 11.5. The Hall–Kier alpha value is -2.86. The third-order valence-corrected chi connectivity index (χ3v) is 7.54. The molecular weight excluding hydrogens is 614 g/mol. The number of benzene rings is 3. The van der Waals surface area contributed by atoms with Gasteiger partial charge in [0, 0.05) is 22.2 Å². The number of aryl methyl sites for hydroxylation is 1. The average Bonchev–Trinajstić information content (AvgIpc) is 2.87. The number of amidine groups is 1. The first kappa shape index (κ1) is 27.2. The van der Waals surface area contributed by atoms with Crippen LogP contribution in [0.4, 0.5) is 24.5 Å². The van der Waals surface area contributed by atoms with Crippen LogP contribution in [0, 0.1) is 3.57 Å². The highest BCUT2D eigenvalue weighted by Crippen LogP contribution is 2.34. The van der Waals surface area contributed by atoms with Crippen molar-refractivity contribution in [2.75, 3.05) is 11.9 Å². The van der Waals surface area contributed by atoms with Gasteiger partial charge in [-0.3, -0.25) is 14.5 Å². The van der Waals surface area contributed by atoms with Crippen LogP contribution in [-0.2, 0) is 22.2 Å². The first-order chi connectivity index (χ1) is 17.7. The molecule has 10 heteroatoms. The van der Waals surface area contributed by atoms with Crippen LogP contribution in [0.1, 0.15) is 24.0 Å². The minimum atomic E-state index is -4.52. The Kier molecular flexibility index (Phi) is 8.91. The smallest absolute Gasteiger partial charge is 0.325 e. The number of aliphatic imine (C=N–C) groups is 1. The average molecular weight is 637 g/mol. The highest BCUT2D eigenvalue weighted by atomic mass is 127. The summed E-state index contributed by atoms with van der Waals surface area (Å²) in [5.74, 6) is -0.652. The Morgan fingerprint density at radius 2 is 1.78 bits per heavy atom. The van der Waals surface area contributed by atoms with Gasteiger partial charge in [0.25, 0.3) is 0 Å². The van der Waals surface area contributed by atoms with E-state index in [9.17, 15) is 22.8 Å². The molecular formula is C27H23F3IN3O2S. The van der Waals surface area contributed by atoms with Crippen molar-refractivity contribution in [2.24, 2.45) is 4.99 Å². The maximum atomic E-state index is 13.2. The van der Waals surface area contributed by atoms with Crippen molar-refractivity contribution >= 4 is 62.7 Å². The maximum Gasteiger partial charge on any atom is 0.416 e. The second kappa shape index (κ2) is 12.1. The Balaban J connectivity index is 1.56. The summed E-state index contributed by atoms with van der Waals surface area (Å²) < 4.78 is 40.7. The Morgan fingerprint density at radius 1 is 1.05 bits per heavy atom. The molecule has 192 valence electrons. The number of carbonyl (C=O) groups is 2. The van der Waals surface area contributed by atoms with Crippen LogP contribution < -0.4 is 5.32 Å². The number of hydrogen-bond donors (Lipinski definition) is 1. The SMILES string of the molecule is O=C(Nc1ccc(I)cc1)C1CC(=O)N(CCCc2ccccc2)C(=Nc2cccc(C(F)(F)F)c2)S1. The fourth-order valence-electron chi connectivity index (χ4n) is 3.77. The molecule has 1 unspecified atom stereocenters. The van der Waals surface area contributed by atoms with E-state index in [1.807, 2.05) is 42.5 Å². The summed E-state index contributed by atoms with van der Waals surface area (Å²) in [5, 5.41) is 2.27. The van der Waals surface area contributed by atoms with E-state index in [1.165, 1.54) is 17.0 Å². The molecule has 1 heterocycles. The molecule has 0 bridgehead atoms. The molecule has 1 atom stereocenters. The van der Waals surface area contributed by atoms with Crippen LogP contribution in [0.2, 0.25) is 0 Å². The molecule has 3 aromatic carbocycles. The zero-order valence-electron chi connectivity index (χ0n) is 19.5. The summed E-state index contributed by atoms with van der Waals surface area (Å²) in [6, 6.07) is 21.7. The van der Waals surface area contributed by atoms with Gasteiger partial charge in [0.2, 0.25) is 11.8 Å². The van der Waals surface area contributed by atoms with Gasteiger partial charge in [-0.25, -0.2) is 4.99 Å². The molecule has 1 saturated heterocycles. The van der Waals surface area contributed by atoms with Crippen molar-refractivity contribution in [1.82, 2.24) is 4.90 Å². The highest BCUT2D eigenvalue weighted by molar-refractivity contribution is 14.1. The third kappa shape index (κ3) is 7.57. The van der Waals surface area contributed by atoms with Crippen molar-refractivity contribution in [2.45, 2.75) is 30.7 Å². The number of hydrogen-bond acceptors (Lipinski definition) is 4. The van der Waals surface area contributed by atoms with E-state index >= 15 is 0 Å². The summed E-state index contributed by atoms with van der Waals surface area (Å²) in [5.41, 5.74) is 0.952. The van der Waals surface area contributed by atoms with Crippen molar-refractivity contribution in [3.63, 3.8) is 0 Å². The zero-order valence-corrected chi connectivity index (χ0v) is 22.5. The van der Waals surface area contributed by atoms with Crippen molar-refractivity contribution in [3.8, 4) is 0 Å². The van der Waals surface area contributed by atoms with E-state index in [0.29, 0.717) is 18.7 Å². The molecule has 2 amide bonds. The van der Waals surface area contributed by atoms with Crippen LogP contribution in [-0.4, -0.2) is 33.7 Å². The number of halogens is 4. The monoisotopic (exact) mass is 637 g/mol. The van der Waals surface area contributed by atoms with E-state index in [0.717, 1.165) is 39.4 Å². The minimum absolute atomic E-state index is 0.0339. The largest absolute Gasteiger partial charge is 0.416 e. The molecule has 0 aromatic heterocycles. The molecule has 0 radical (unpaired) electrons. The number of alkyl halides is 3. The molecule has 1 fully saturated rings. The Bertz CT molecular complexity index is 1280. The molecule has 0 aliphatic carbocycles. The Labute approximate surface area is 230 Å². The summed E-state index contributed by atoms with van der Waals surface area (Å²) >= 11 is 3.25. The molecule has 3 aromatic rings. The predicted octanol–water partition coefficient (Wildman–Crippen LogP) is 6.90. The van der Waals surface area contributed by atoms with Gasteiger partial charge < -0.3 is 5.32 Å². The summed E-state index contributed by atoms with van der Waals surface area (Å²) in [6.45, 7) is 0.337. The van der Waals surface area contributed by atoms with Gasteiger partial charge in [-0.2, -0.15) is 13.2 Å². The van der Waals surface area contributed by atoms with Gasteiger partial charge in [0.1, 0.15) is 5.25 Å². The zero-order chi connectivity index (χ0) is 26.4. The lowest BCUT2D eigenvalue weighted by Gasteiger charge is -2.32. The molecule has 0 spiro atoms. The minimum Gasteiger partial charge on any atom is -0.325 e. The molecule has 0 saturated carbocycles. The number of carbonyl (C=O) groups excluding carboxylic acids is 2. The summed E-state index contributed by atoms with van der Waals surface area (Å²) in [7, 11) is 0. The predicted molar refractivity (Wildman–Crippen MR) is 149 cm³/mol. The normalized spacial score (nSPS) is 17.2. The van der Waals surface area contributed by atoms with Crippen LogP contribution in [0.25, 0.3) is 0 Å². The molecule has 1 N–H and O–H groups in total. The summed E-state index contributed by atoms with van der Waals surface area (Å²) in [4.78, 5) is 32.0. The van der Waals surface area contributed by atoms with Crippen LogP contribution in [0.15, 0.2) is 83.9 Å². The van der Waals surface area contributed by atoms with E-state index in [1.54, 1.807) is 12.1 Å². The molecule has 37 heavy (non-hydrogen) atoms. The number of nitrogens with one attached hydrogen (secondary N) is 1. The van der Waals surface area contributed by atoms with Crippen LogP contribution >= 0.6 is 34.4 Å². The van der Waals surface area contributed by atoms with Gasteiger partial charge in [-0.15, -0.1) is 0 Å². The van der Waals surface area contributed by atoms with Gasteiger partial charge in [0.15, 0.2) is 5.17 Å². The number of anilines is 1. The fraction of sp³-hybridized carbons (Fsp3) is 0.222. The van der Waals surface area contributed by atoms with Gasteiger partial charge in [-0.1, -0.05) is 48.2 Å². The quantitative estimate of drug-likeness (QED) is 0.287. The van der Waals surface area contributed by atoms with Crippen LogP contribution in [0.3, 0.4) is 0 Å². The Morgan fingerprint density at radius 3 is 2.49 bits per heavy atom. The van der Waals surface area contributed by atoms with E-state index in [2.05, 4.69) is 32.9 Å². The maximum absolute atomic E-state index is 13.2.